The number of rotatable bonds is 14. The van der Waals surface area contributed by atoms with E-state index in [1.807, 2.05) is 4.72 Å². The van der Waals surface area contributed by atoms with Crippen LogP contribution in [0.2, 0.25) is 0 Å². The maximum Gasteiger partial charge on any atom is 0.333 e. The summed E-state index contributed by atoms with van der Waals surface area (Å²) in [7, 11) is -13.4. The summed E-state index contributed by atoms with van der Waals surface area (Å²) in [5.74, 6) is -6.10. The highest BCUT2D eigenvalue weighted by atomic mass is 32.2. The number of sulfonamides is 1. The summed E-state index contributed by atoms with van der Waals surface area (Å²) in [5.41, 5.74) is -1.03. The minimum atomic E-state index is -4.72. The lowest BCUT2D eigenvalue weighted by atomic mass is 9.80. The van der Waals surface area contributed by atoms with E-state index >= 15 is 0 Å². The number of nitrogens with one attached hydrogen (secondary N) is 1. The van der Waals surface area contributed by atoms with Crippen molar-refractivity contribution >= 4 is 70.8 Å². The van der Waals surface area contributed by atoms with E-state index in [9.17, 15) is 68.9 Å². The number of hydrogen-bond acceptors (Lipinski definition) is 15. The average molecular weight is 934 g/mol. The first-order chi connectivity index (χ1) is 29.0. The van der Waals surface area contributed by atoms with Crippen LogP contribution in [-0.2, 0) is 60.3 Å². The molecular formula is C40H45N4O16S3+. The number of carbonyl (C=O) groups excluding carboxylic acids is 4. The molecule has 0 bridgehead atoms. The first-order valence-corrected chi connectivity index (χ1v) is 24.0. The zero-order valence-electron chi connectivity index (χ0n) is 34.5. The normalized spacial score (nSPS) is 20.7. The summed E-state index contributed by atoms with van der Waals surface area (Å²) in [6, 6.07) is 9.69. The molecule has 6 rings (SSSR count). The molecule has 0 saturated heterocycles. The van der Waals surface area contributed by atoms with Gasteiger partial charge in [0.1, 0.15) is 19.2 Å². The minimum Gasteiger partial charge on any atom is -0.492 e. The SMILES string of the molecule is CC1(C)C(=CC2C(=O)C(=CC3=[N+](CCCCCC(=O)On4c(O)ccc4O)c4ccc(S(=O)(=O)O)cc4C3(C)C)C(=O)C2O)N(CC(=O)NS(C)(=O)=O)c2ccc(S(=O)(=O)O)cc21. The van der Waals surface area contributed by atoms with Crippen molar-refractivity contribution in [2.45, 2.75) is 80.1 Å². The number of nitrogens with zero attached hydrogens (tertiary/aromatic N) is 3. The smallest absolute Gasteiger partial charge is 0.333 e. The summed E-state index contributed by atoms with van der Waals surface area (Å²) in [6.45, 7) is 6.13. The predicted octanol–water partition coefficient (Wildman–Crippen LogP) is 1.80. The third-order valence-electron chi connectivity index (χ3n) is 11.2. The molecule has 1 amide bonds. The Morgan fingerprint density at radius 1 is 0.825 bits per heavy atom. The van der Waals surface area contributed by atoms with Gasteiger partial charge in [-0.15, -0.1) is 4.73 Å². The number of Topliss-reactive ketones (excluding diaryl/α,β-unsaturated/α-hetero) is 2. The molecule has 3 aliphatic rings. The number of unbranched alkanes of at least 4 members (excludes halogenated alkanes) is 2. The van der Waals surface area contributed by atoms with Gasteiger partial charge in [-0.3, -0.25) is 28.2 Å². The molecule has 0 spiro atoms. The Labute approximate surface area is 362 Å². The fraction of sp³-hybridized carbons (Fsp3) is 0.375. The molecule has 1 saturated carbocycles. The second-order valence-electron chi connectivity index (χ2n) is 16.4. The Kier molecular flexibility index (Phi) is 12.2. The van der Waals surface area contributed by atoms with Crippen LogP contribution in [0.4, 0.5) is 11.4 Å². The molecule has 20 nitrogen and oxygen atoms in total. The maximum absolute atomic E-state index is 14.4. The van der Waals surface area contributed by atoms with E-state index in [1.54, 1.807) is 32.3 Å². The quantitative estimate of drug-likeness (QED) is 0.0441. The first kappa shape index (κ1) is 46.8. The van der Waals surface area contributed by atoms with Gasteiger partial charge in [0.2, 0.25) is 27.5 Å². The van der Waals surface area contributed by atoms with Gasteiger partial charge in [0.15, 0.2) is 17.3 Å². The highest BCUT2D eigenvalue weighted by Crippen LogP contribution is 2.50. The van der Waals surface area contributed by atoms with Crippen LogP contribution < -0.4 is 14.5 Å². The van der Waals surface area contributed by atoms with Crippen molar-refractivity contribution in [1.82, 2.24) is 9.45 Å². The zero-order chi connectivity index (χ0) is 46.8. The number of aliphatic hydroxyl groups excluding tert-OH is 1. The van der Waals surface area contributed by atoms with Gasteiger partial charge in [-0.25, -0.2) is 13.2 Å². The molecule has 2 aliphatic heterocycles. The summed E-state index contributed by atoms with van der Waals surface area (Å²) >= 11 is 0. The molecule has 63 heavy (non-hydrogen) atoms. The predicted molar refractivity (Wildman–Crippen MR) is 222 cm³/mol. The van der Waals surface area contributed by atoms with Crippen molar-refractivity contribution in [1.29, 1.82) is 0 Å². The summed E-state index contributed by atoms with van der Waals surface area (Å²) in [4.78, 5) is 59.1. The Morgan fingerprint density at radius 3 is 2.00 bits per heavy atom. The van der Waals surface area contributed by atoms with Crippen LogP contribution in [0.15, 0.2) is 81.7 Å². The van der Waals surface area contributed by atoms with Crippen LogP contribution in [0.1, 0.15) is 64.5 Å². The molecule has 2 aromatic carbocycles. The first-order valence-electron chi connectivity index (χ1n) is 19.2. The highest BCUT2D eigenvalue weighted by molar-refractivity contribution is 7.89. The molecule has 338 valence electrons. The molecule has 23 heteroatoms. The Hall–Kier alpha value is -5.72. The highest BCUT2D eigenvalue weighted by Gasteiger charge is 2.51. The Balaban J connectivity index is 1.36. The molecule has 1 aromatic heterocycles. The number of benzene rings is 2. The average Bonchev–Trinajstić information content (AvgIpc) is 3.74. The lowest BCUT2D eigenvalue weighted by molar-refractivity contribution is -0.438. The van der Waals surface area contributed by atoms with Crippen LogP contribution >= 0.6 is 0 Å². The van der Waals surface area contributed by atoms with E-state index in [1.165, 1.54) is 41.3 Å². The number of fused-ring (bicyclic) bond motifs is 2. The topological polar surface area (TPSA) is 304 Å². The number of aromatic hydroxyl groups is 2. The zero-order valence-corrected chi connectivity index (χ0v) is 36.9. The number of aromatic nitrogens is 1. The molecule has 3 heterocycles. The van der Waals surface area contributed by atoms with E-state index in [0.29, 0.717) is 41.0 Å². The van der Waals surface area contributed by atoms with Crippen molar-refractivity contribution < 1.29 is 78.3 Å². The number of amides is 1. The van der Waals surface area contributed by atoms with E-state index < -0.39 is 110 Å². The van der Waals surface area contributed by atoms with Crippen LogP contribution in [-0.4, -0.2) is 114 Å². The maximum atomic E-state index is 14.4. The molecule has 1 aliphatic carbocycles. The van der Waals surface area contributed by atoms with E-state index in [0.717, 1.165) is 30.5 Å². The fourth-order valence-corrected chi connectivity index (χ4v) is 9.62. The van der Waals surface area contributed by atoms with E-state index in [4.69, 9.17) is 4.84 Å². The second-order valence-corrected chi connectivity index (χ2v) is 21.0. The van der Waals surface area contributed by atoms with Crippen molar-refractivity contribution in [2.24, 2.45) is 5.92 Å². The molecule has 0 radical (unpaired) electrons. The van der Waals surface area contributed by atoms with E-state index in [2.05, 4.69) is 0 Å². The lowest BCUT2D eigenvalue weighted by Gasteiger charge is -2.28. The molecule has 1 fully saturated rings. The van der Waals surface area contributed by atoms with Gasteiger partial charge in [0.05, 0.1) is 33.0 Å². The molecular weight excluding hydrogens is 889 g/mol. The monoisotopic (exact) mass is 933 g/mol. The van der Waals surface area contributed by atoms with Crippen molar-refractivity contribution in [3.8, 4) is 11.8 Å². The van der Waals surface area contributed by atoms with Crippen molar-refractivity contribution in [3.05, 3.63) is 83.1 Å². The summed E-state index contributed by atoms with van der Waals surface area (Å²) in [6.07, 6.45) is 2.38. The summed E-state index contributed by atoms with van der Waals surface area (Å²) in [5, 5.41) is 30.9. The molecule has 6 N–H and O–H groups in total. The van der Waals surface area contributed by atoms with Gasteiger partial charge in [-0.2, -0.15) is 21.4 Å². The standard InChI is InChI=1S/C40H44N4O16S3/c1-39(2)26-17-22(62(54,55)56)10-12-28(26)42(16-8-6-7-9-35(48)60-44-33(46)14-15-34(44)47)30(39)19-24-36(49)25(38(51)37(24)50)20-31-40(3,4)27-18-23(63(57,58)59)11-13-29(27)43(31)21-32(45)41-61(5,52)53/h10-15,17-20,25,38,51H,6-9,16,21H2,1-5H3,(H4,41,45,49,50,54,55,56,57,58,59)/p+1. The largest absolute Gasteiger partial charge is 0.492 e. The van der Waals surface area contributed by atoms with Crippen LogP contribution in [0, 0.1) is 5.92 Å². The van der Waals surface area contributed by atoms with Gasteiger partial charge in [-0.1, -0.05) is 19.9 Å². The minimum absolute atomic E-state index is 0.0986. The van der Waals surface area contributed by atoms with Crippen LogP contribution in [0.3, 0.4) is 0 Å². The number of anilines is 1. The molecule has 2 unspecified atom stereocenters. The molecule has 3 aromatic rings. The van der Waals surface area contributed by atoms with E-state index in [-0.39, 0.29) is 29.9 Å². The molecule has 2 atom stereocenters. The van der Waals surface area contributed by atoms with Crippen molar-refractivity contribution in [2.75, 3.05) is 24.2 Å². The van der Waals surface area contributed by atoms with Crippen LogP contribution in [0.25, 0.3) is 0 Å². The van der Waals surface area contributed by atoms with Crippen molar-refractivity contribution in [3.63, 3.8) is 0 Å². The Morgan fingerprint density at radius 2 is 1.41 bits per heavy atom. The number of aliphatic hydroxyl groups is 1. The van der Waals surface area contributed by atoms with Gasteiger partial charge in [-0.05, 0) is 62.6 Å². The number of hydrogen-bond donors (Lipinski definition) is 6. The second kappa shape index (κ2) is 16.4. The lowest BCUT2D eigenvalue weighted by Crippen LogP contribution is -2.40. The van der Waals surface area contributed by atoms with Gasteiger partial charge in [0, 0.05) is 59.5 Å². The third-order valence-corrected chi connectivity index (χ3v) is 13.5. The number of ketones is 2. The fourth-order valence-electron chi connectivity index (χ4n) is 8.13. The third kappa shape index (κ3) is 9.20. The summed E-state index contributed by atoms with van der Waals surface area (Å²) < 4.78 is 96.3. The van der Waals surface area contributed by atoms with Gasteiger partial charge in [0.25, 0.3) is 26.1 Å². The number of carbonyl (C=O) groups is 4. The van der Waals surface area contributed by atoms with Gasteiger partial charge >= 0.3 is 5.97 Å². The van der Waals surface area contributed by atoms with Crippen LogP contribution in [0.5, 0.6) is 11.8 Å². The van der Waals surface area contributed by atoms with Gasteiger partial charge < -0.3 is 25.1 Å². The Bertz CT molecular complexity index is 2890. The number of allylic oxidation sites excluding steroid dienone is 2.